The van der Waals surface area contributed by atoms with Crippen LogP contribution in [0.25, 0.3) is 0 Å². The number of aromatic nitrogens is 2. The molecule has 0 unspecified atom stereocenters. The molecule has 0 bridgehead atoms. The number of phenols is 1. The van der Waals surface area contributed by atoms with Gasteiger partial charge in [-0.25, -0.2) is 9.97 Å². The minimum absolute atomic E-state index is 0.291. The van der Waals surface area contributed by atoms with E-state index < -0.39 is 0 Å². The summed E-state index contributed by atoms with van der Waals surface area (Å²) in [5, 5.41) is 13.7. The first-order valence-corrected chi connectivity index (χ1v) is 6.39. The Hall–Kier alpha value is -1.75. The van der Waals surface area contributed by atoms with Gasteiger partial charge in [-0.1, -0.05) is 18.2 Å². The second kappa shape index (κ2) is 5.54. The van der Waals surface area contributed by atoms with Gasteiger partial charge in [0.05, 0.1) is 0 Å². The van der Waals surface area contributed by atoms with Crippen LogP contribution in [0.3, 0.4) is 0 Å². The first-order valence-electron chi connectivity index (χ1n) is 5.16. The quantitative estimate of drug-likeness (QED) is 0.642. The smallest absolute Gasteiger partial charge is 0.130 e. The number of nitrogens with one attached hydrogen (secondary N) is 1. The van der Waals surface area contributed by atoms with Crippen molar-refractivity contribution in [3.63, 3.8) is 0 Å². The molecule has 0 spiro atoms. The van der Waals surface area contributed by atoms with Crippen LogP contribution < -0.4 is 5.32 Å². The van der Waals surface area contributed by atoms with Crippen LogP contribution in [0.5, 0.6) is 5.75 Å². The Kier molecular flexibility index (Phi) is 3.82. The summed E-state index contributed by atoms with van der Waals surface area (Å²) in [6.07, 6.45) is 3.49. The fraction of sp³-hybridized carbons (Fsp3) is 0.167. The van der Waals surface area contributed by atoms with E-state index in [4.69, 9.17) is 0 Å². The highest BCUT2D eigenvalue weighted by Crippen LogP contribution is 2.18. The Labute approximate surface area is 104 Å². The standard InChI is InChI=1S/C12H13N3OS/c1-17-12-6-11(14-8-15-12)13-7-9-4-2-3-5-10(9)16/h2-6,8,16H,7H2,1H3,(H,13,14,15). The van der Waals surface area contributed by atoms with Gasteiger partial charge in [0, 0.05) is 18.2 Å². The van der Waals surface area contributed by atoms with E-state index in [1.807, 2.05) is 24.5 Å². The lowest BCUT2D eigenvalue weighted by atomic mass is 10.2. The first-order chi connectivity index (χ1) is 8.29. The molecule has 1 aromatic heterocycles. The van der Waals surface area contributed by atoms with Gasteiger partial charge in [-0.05, 0) is 12.3 Å². The lowest BCUT2D eigenvalue weighted by molar-refractivity contribution is 0.469. The molecule has 2 N–H and O–H groups in total. The number of thioether (sulfide) groups is 1. The molecule has 5 heteroatoms. The Bertz CT molecular complexity index is 505. The van der Waals surface area contributed by atoms with Crippen molar-refractivity contribution in [2.75, 3.05) is 11.6 Å². The number of nitrogens with zero attached hydrogens (tertiary/aromatic N) is 2. The Morgan fingerprint density at radius 3 is 2.88 bits per heavy atom. The summed E-state index contributed by atoms with van der Waals surface area (Å²) in [7, 11) is 0. The van der Waals surface area contributed by atoms with Crippen molar-refractivity contribution >= 4 is 17.6 Å². The van der Waals surface area contributed by atoms with Gasteiger partial charge in [0.2, 0.25) is 0 Å². The molecule has 4 nitrogen and oxygen atoms in total. The van der Waals surface area contributed by atoms with E-state index in [0.29, 0.717) is 12.3 Å². The zero-order valence-corrected chi connectivity index (χ0v) is 10.2. The number of anilines is 1. The van der Waals surface area contributed by atoms with Gasteiger partial charge in [0.1, 0.15) is 22.9 Å². The molecule has 1 aromatic carbocycles. The van der Waals surface area contributed by atoms with Gasteiger partial charge in [0.15, 0.2) is 0 Å². The Morgan fingerprint density at radius 2 is 2.12 bits per heavy atom. The highest BCUT2D eigenvalue weighted by molar-refractivity contribution is 7.98. The number of hydrogen-bond donors (Lipinski definition) is 2. The van der Waals surface area contributed by atoms with E-state index in [2.05, 4.69) is 15.3 Å². The van der Waals surface area contributed by atoms with Crippen molar-refractivity contribution in [3.05, 3.63) is 42.2 Å². The lowest BCUT2D eigenvalue weighted by Gasteiger charge is -2.07. The van der Waals surface area contributed by atoms with Crippen LogP contribution in [-0.2, 0) is 6.54 Å². The van der Waals surface area contributed by atoms with E-state index in [-0.39, 0.29) is 0 Å². The third-order valence-electron chi connectivity index (χ3n) is 2.30. The average Bonchev–Trinajstić information content (AvgIpc) is 2.38. The summed E-state index contributed by atoms with van der Waals surface area (Å²) >= 11 is 1.57. The first kappa shape index (κ1) is 11.7. The van der Waals surface area contributed by atoms with Crippen molar-refractivity contribution in [3.8, 4) is 5.75 Å². The summed E-state index contributed by atoms with van der Waals surface area (Å²) in [4.78, 5) is 8.21. The molecule has 17 heavy (non-hydrogen) atoms. The zero-order chi connectivity index (χ0) is 12.1. The van der Waals surface area contributed by atoms with Crippen LogP contribution in [0.1, 0.15) is 5.56 Å². The van der Waals surface area contributed by atoms with Gasteiger partial charge < -0.3 is 10.4 Å². The fourth-order valence-corrected chi connectivity index (χ4v) is 1.78. The number of benzene rings is 1. The summed E-state index contributed by atoms with van der Waals surface area (Å²) in [6, 6.07) is 9.12. The highest BCUT2D eigenvalue weighted by atomic mass is 32.2. The molecule has 2 rings (SSSR count). The minimum atomic E-state index is 0.291. The van der Waals surface area contributed by atoms with Gasteiger partial charge in [0.25, 0.3) is 0 Å². The lowest BCUT2D eigenvalue weighted by Crippen LogP contribution is -2.02. The number of hydrogen-bond acceptors (Lipinski definition) is 5. The predicted octanol–water partition coefficient (Wildman–Crippen LogP) is 2.52. The Morgan fingerprint density at radius 1 is 1.29 bits per heavy atom. The van der Waals surface area contributed by atoms with Crippen LogP contribution in [0.15, 0.2) is 41.7 Å². The van der Waals surface area contributed by atoms with Crippen molar-refractivity contribution in [2.24, 2.45) is 0 Å². The van der Waals surface area contributed by atoms with Crippen LogP contribution in [0.4, 0.5) is 5.82 Å². The van der Waals surface area contributed by atoms with Gasteiger partial charge in [-0.15, -0.1) is 11.8 Å². The zero-order valence-electron chi connectivity index (χ0n) is 9.42. The van der Waals surface area contributed by atoms with E-state index in [1.165, 1.54) is 6.33 Å². The van der Waals surface area contributed by atoms with Crippen molar-refractivity contribution < 1.29 is 5.11 Å². The number of rotatable bonds is 4. The van der Waals surface area contributed by atoms with Gasteiger partial charge in [-0.3, -0.25) is 0 Å². The molecule has 0 saturated carbocycles. The van der Waals surface area contributed by atoms with Gasteiger partial charge >= 0.3 is 0 Å². The largest absolute Gasteiger partial charge is 0.508 e. The number of aromatic hydroxyl groups is 1. The maximum Gasteiger partial charge on any atom is 0.130 e. The topological polar surface area (TPSA) is 58.0 Å². The van der Waals surface area contributed by atoms with E-state index in [0.717, 1.165) is 16.4 Å². The van der Waals surface area contributed by atoms with Crippen LogP contribution in [-0.4, -0.2) is 21.3 Å². The predicted molar refractivity (Wildman–Crippen MR) is 69.2 cm³/mol. The van der Waals surface area contributed by atoms with Gasteiger partial charge in [-0.2, -0.15) is 0 Å². The molecule has 1 heterocycles. The normalized spacial score (nSPS) is 10.2. The molecular formula is C12H13N3OS. The SMILES string of the molecule is CSc1cc(NCc2ccccc2O)ncn1. The van der Waals surface area contributed by atoms with E-state index in [1.54, 1.807) is 23.9 Å². The molecule has 0 aliphatic carbocycles. The molecule has 0 atom stereocenters. The van der Waals surface area contributed by atoms with E-state index >= 15 is 0 Å². The van der Waals surface area contributed by atoms with Crippen LogP contribution >= 0.6 is 11.8 Å². The molecule has 0 fully saturated rings. The summed E-state index contributed by atoms with van der Waals surface area (Å²) in [5.41, 5.74) is 0.844. The summed E-state index contributed by atoms with van der Waals surface area (Å²) < 4.78 is 0. The second-order valence-electron chi connectivity index (χ2n) is 3.43. The maximum absolute atomic E-state index is 9.61. The average molecular weight is 247 g/mol. The second-order valence-corrected chi connectivity index (χ2v) is 4.25. The van der Waals surface area contributed by atoms with Crippen molar-refractivity contribution in [1.29, 1.82) is 0 Å². The molecule has 0 amide bonds. The molecule has 0 aliphatic heterocycles. The molecule has 0 saturated heterocycles. The molecular weight excluding hydrogens is 234 g/mol. The Balaban J connectivity index is 2.05. The number of para-hydroxylation sites is 1. The monoisotopic (exact) mass is 247 g/mol. The number of phenolic OH excluding ortho intramolecular Hbond substituents is 1. The summed E-state index contributed by atoms with van der Waals surface area (Å²) in [5.74, 6) is 1.05. The highest BCUT2D eigenvalue weighted by Gasteiger charge is 2.01. The van der Waals surface area contributed by atoms with Crippen LogP contribution in [0.2, 0.25) is 0 Å². The third-order valence-corrected chi connectivity index (χ3v) is 2.94. The molecule has 2 aromatic rings. The van der Waals surface area contributed by atoms with E-state index in [9.17, 15) is 5.11 Å². The van der Waals surface area contributed by atoms with Crippen LogP contribution in [0, 0.1) is 0 Å². The minimum Gasteiger partial charge on any atom is -0.508 e. The maximum atomic E-state index is 9.61. The summed E-state index contributed by atoms with van der Waals surface area (Å²) in [6.45, 7) is 0.539. The fourth-order valence-electron chi connectivity index (χ4n) is 1.39. The van der Waals surface area contributed by atoms with Crippen molar-refractivity contribution in [2.45, 2.75) is 11.6 Å². The molecule has 0 radical (unpaired) electrons. The molecule has 0 aliphatic rings. The van der Waals surface area contributed by atoms with Crippen molar-refractivity contribution in [1.82, 2.24) is 9.97 Å². The molecule has 88 valence electrons. The third kappa shape index (κ3) is 3.10.